The number of thiazole rings is 1. The first kappa shape index (κ1) is 10.4. The van der Waals surface area contributed by atoms with Crippen LogP contribution in [0.2, 0.25) is 0 Å². The Kier molecular flexibility index (Phi) is 3.52. The maximum Gasteiger partial charge on any atom is 0.130 e. The maximum absolute atomic E-state index is 4.18. The fourth-order valence-corrected chi connectivity index (χ4v) is 1.99. The maximum atomic E-state index is 4.18. The number of hydrogen-bond donors (Lipinski definition) is 1. The largest absolute Gasteiger partial charge is 0.364 e. The number of nitrogens with zero attached hydrogens (tertiary/aromatic N) is 3. The van der Waals surface area contributed by atoms with Gasteiger partial charge in [-0.1, -0.05) is 0 Å². The highest BCUT2D eigenvalue weighted by molar-refractivity contribution is 7.98. The number of thioether (sulfide) groups is 1. The van der Waals surface area contributed by atoms with Crippen LogP contribution in [-0.2, 0) is 6.54 Å². The van der Waals surface area contributed by atoms with Crippen LogP contribution in [0.25, 0.3) is 0 Å². The van der Waals surface area contributed by atoms with Crippen LogP contribution < -0.4 is 5.32 Å². The van der Waals surface area contributed by atoms with Crippen molar-refractivity contribution in [1.82, 2.24) is 15.0 Å². The van der Waals surface area contributed by atoms with Crippen molar-refractivity contribution in [3.63, 3.8) is 0 Å². The van der Waals surface area contributed by atoms with Gasteiger partial charge in [0.05, 0.1) is 17.7 Å². The molecule has 1 N–H and O–H groups in total. The average molecular weight is 238 g/mol. The van der Waals surface area contributed by atoms with Crippen molar-refractivity contribution in [2.24, 2.45) is 0 Å². The monoisotopic (exact) mass is 238 g/mol. The molecule has 0 spiro atoms. The fraction of sp³-hybridized carbons (Fsp3) is 0.222. The van der Waals surface area contributed by atoms with Crippen LogP contribution in [0.5, 0.6) is 0 Å². The first-order valence-electron chi connectivity index (χ1n) is 4.35. The summed E-state index contributed by atoms with van der Waals surface area (Å²) in [7, 11) is 0. The van der Waals surface area contributed by atoms with Gasteiger partial charge in [-0.25, -0.2) is 15.0 Å². The van der Waals surface area contributed by atoms with Crippen molar-refractivity contribution < 1.29 is 0 Å². The van der Waals surface area contributed by atoms with Gasteiger partial charge in [0.15, 0.2) is 0 Å². The molecule has 2 rings (SSSR count). The van der Waals surface area contributed by atoms with Crippen molar-refractivity contribution in [2.45, 2.75) is 11.6 Å². The normalized spacial score (nSPS) is 10.2. The van der Waals surface area contributed by atoms with E-state index >= 15 is 0 Å². The van der Waals surface area contributed by atoms with Gasteiger partial charge in [0, 0.05) is 11.4 Å². The Morgan fingerprint density at radius 1 is 1.40 bits per heavy atom. The first-order chi connectivity index (χ1) is 7.38. The highest BCUT2D eigenvalue weighted by Crippen LogP contribution is 2.14. The first-order valence-corrected chi connectivity index (χ1v) is 6.52. The summed E-state index contributed by atoms with van der Waals surface area (Å²) in [4.78, 5) is 12.4. The van der Waals surface area contributed by atoms with Crippen molar-refractivity contribution in [1.29, 1.82) is 0 Å². The van der Waals surface area contributed by atoms with Crippen LogP contribution in [0.4, 0.5) is 5.82 Å². The second-order valence-electron chi connectivity index (χ2n) is 2.78. The SMILES string of the molecule is CSc1cc(NCc2cscn2)ncn1. The molecule has 0 saturated carbocycles. The van der Waals surface area contributed by atoms with Gasteiger partial charge in [0.25, 0.3) is 0 Å². The molecule has 15 heavy (non-hydrogen) atoms. The lowest BCUT2D eigenvalue weighted by molar-refractivity contribution is 1.00. The molecule has 78 valence electrons. The Labute approximate surface area is 96.2 Å². The third-order valence-electron chi connectivity index (χ3n) is 1.79. The molecule has 0 amide bonds. The molecule has 6 heteroatoms. The highest BCUT2D eigenvalue weighted by Gasteiger charge is 1.98. The molecular weight excluding hydrogens is 228 g/mol. The minimum absolute atomic E-state index is 0.703. The van der Waals surface area contributed by atoms with E-state index in [1.165, 1.54) is 0 Å². The van der Waals surface area contributed by atoms with Crippen molar-refractivity contribution in [2.75, 3.05) is 11.6 Å². The summed E-state index contributed by atoms with van der Waals surface area (Å²) in [6.45, 7) is 0.703. The van der Waals surface area contributed by atoms with Gasteiger partial charge in [-0.3, -0.25) is 0 Å². The summed E-state index contributed by atoms with van der Waals surface area (Å²) in [6.07, 6.45) is 3.56. The van der Waals surface area contributed by atoms with Crippen LogP contribution in [0.1, 0.15) is 5.69 Å². The molecule has 0 unspecified atom stereocenters. The van der Waals surface area contributed by atoms with E-state index in [2.05, 4.69) is 20.3 Å². The van der Waals surface area contributed by atoms with E-state index in [0.717, 1.165) is 16.5 Å². The van der Waals surface area contributed by atoms with E-state index in [-0.39, 0.29) is 0 Å². The van der Waals surface area contributed by atoms with E-state index in [1.54, 1.807) is 29.4 Å². The van der Waals surface area contributed by atoms with Crippen LogP contribution in [0, 0.1) is 0 Å². The van der Waals surface area contributed by atoms with Gasteiger partial charge < -0.3 is 5.32 Å². The predicted molar refractivity (Wildman–Crippen MR) is 63.3 cm³/mol. The third-order valence-corrected chi connectivity index (χ3v) is 3.06. The quantitative estimate of drug-likeness (QED) is 0.654. The molecule has 0 aromatic carbocycles. The van der Waals surface area contributed by atoms with Crippen molar-refractivity contribution in [3.8, 4) is 0 Å². The zero-order valence-corrected chi connectivity index (χ0v) is 9.81. The van der Waals surface area contributed by atoms with E-state index in [0.29, 0.717) is 6.54 Å². The molecule has 0 aliphatic heterocycles. The van der Waals surface area contributed by atoms with Crippen molar-refractivity contribution >= 4 is 28.9 Å². The Balaban J connectivity index is 1.98. The zero-order chi connectivity index (χ0) is 10.5. The molecule has 0 fully saturated rings. The Hall–Kier alpha value is -1.14. The Bertz CT molecular complexity index is 416. The molecule has 0 aliphatic carbocycles. The van der Waals surface area contributed by atoms with E-state index in [1.807, 2.05) is 23.2 Å². The second-order valence-corrected chi connectivity index (χ2v) is 4.32. The van der Waals surface area contributed by atoms with E-state index in [9.17, 15) is 0 Å². The molecular formula is C9H10N4S2. The smallest absolute Gasteiger partial charge is 0.130 e. The topological polar surface area (TPSA) is 50.7 Å². The summed E-state index contributed by atoms with van der Waals surface area (Å²) in [5.74, 6) is 0.836. The summed E-state index contributed by atoms with van der Waals surface area (Å²) in [5.41, 5.74) is 2.86. The number of hydrogen-bond acceptors (Lipinski definition) is 6. The van der Waals surface area contributed by atoms with Gasteiger partial charge in [-0.2, -0.15) is 0 Å². The Morgan fingerprint density at radius 3 is 3.07 bits per heavy atom. The van der Waals surface area contributed by atoms with Crippen LogP contribution in [0.3, 0.4) is 0 Å². The number of aromatic nitrogens is 3. The average Bonchev–Trinajstić information content (AvgIpc) is 2.79. The van der Waals surface area contributed by atoms with E-state index < -0.39 is 0 Å². The van der Waals surface area contributed by atoms with Crippen LogP contribution in [0.15, 0.2) is 28.3 Å². The summed E-state index contributed by atoms with van der Waals surface area (Å²) < 4.78 is 0. The lowest BCUT2D eigenvalue weighted by Crippen LogP contribution is -2.01. The number of anilines is 1. The molecule has 0 aliphatic rings. The van der Waals surface area contributed by atoms with Gasteiger partial charge in [-0.05, 0) is 6.26 Å². The highest BCUT2D eigenvalue weighted by atomic mass is 32.2. The summed E-state index contributed by atoms with van der Waals surface area (Å²) in [6, 6.07) is 1.93. The van der Waals surface area contributed by atoms with Gasteiger partial charge in [0.1, 0.15) is 17.2 Å². The van der Waals surface area contributed by atoms with E-state index in [4.69, 9.17) is 0 Å². The Morgan fingerprint density at radius 2 is 2.33 bits per heavy atom. The standard InChI is InChI=1S/C9H10N4S2/c1-14-9-2-8(11-5-12-9)10-3-7-4-15-6-13-7/h2,4-6H,3H2,1H3,(H,10,11,12). The van der Waals surface area contributed by atoms with Gasteiger partial charge in [0.2, 0.25) is 0 Å². The molecule has 2 heterocycles. The number of nitrogens with one attached hydrogen (secondary N) is 1. The second kappa shape index (κ2) is 5.09. The van der Waals surface area contributed by atoms with Gasteiger partial charge in [-0.15, -0.1) is 23.1 Å². The van der Waals surface area contributed by atoms with Crippen molar-refractivity contribution in [3.05, 3.63) is 29.0 Å². The lowest BCUT2D eigenvalue weighted by Gasteiger charge is -2.03. The molecule has 0 bridgehead atoms. The minimum atomic E-state index is 0.703. The lowest BCUT2D eigenvalue weighted by atomic mass is 10.4. The van der Waals surface area contributed by atoms with Crippen LogP contribution >= 0.6 is 23.1 Å². The summed E-state index contributed by atoms with van der Waals surface area (Å²) in [5, 5.41) is 6.18. The minimum Gasteiger partial charge on any atom is -0.364 e. The molecule has 2 aromatic heterocycles. The van der Waals surface area contributed by atoms with Crippen LogP contribution in [-0.4, -0.2) is 21.2 Å². The molecule has 0 atom stereocenters. The molecule has 0 saturated heterocycles. The zero-order valence-electron chi connectivity index (χ0n) is 8.17. The third kappa shape index (κ3) is 2.90. The van der Waals surface area contributed by atoms with Gasteiger partial charge >= 0.3 is 0 Å². The predicted octanol–water partition coefficient (Wildman–Crippen LogP) is 2.27. The molecule has 2 aromatic rings. The molecule has 4 nitrogen and oxygen atoms in total. The molecule has 0 radical (unpaired) electrons. The number of rotatable bonds is 4. The fourth-order valence-electron chi connectivity index (χ4n) is 1.05. The summed E-state index contributed by atoms with van der Waals surface area (Å²) >= 11 is 3.20.